The van der Waals surface area contributed by atoms with Crippen molar-refractivity contribution in [3.05, 3.63) is 35.4 Å². The lowest BCUT2D eigenvalue weighted by Gasteiger charge is -2.19. The molecule has 1 aromatic carbocycles. The van der Waals surface area contributed by atoms with Crippen LogP contribution >= 0.6 is 0 Å². The van der Waals surface area contributed by atoms with Crippen molar-refractivity contribution in [3.63, 3.8) is 0 Å². The normalized spacial score (nSPS) is 13.1. The van der Waals surface area contributed by atoms with Gasteiger partial charge in [-0.3, -0.25) is 0 Å². The Labute approximate surface area is 102 Å². The maximum Gasteiger partial charge on any atom is 0.128 e. The summed E-state index contributed by atoms with van der Waals surface area (Å²) < 4.78 is 26.5. The third-order valence-corrected chi connectivity index (χ3v) is 3.29. The van der Waals surface area contributed by atoms with Crippen LogP contribution in [0.25, 0.3) is 0 Å². The first-order chi connectivity index (χ1) is 8.08. The predicted molar refractivity (Wildman–Crippen MR) is 66.8 cm³/mol. The van der Waals surface area contributed by atoms with E-state index in [1.165, 1.54) is 12.1 Å². The molecule has 0 amide bonds. The zero-order chi connectivity index (χ0) is 12.8. The average molecular weight is 241 g/mol. The van der Waals surface area contributed by atoms with Gasteiger partial charge in [0.15, 0.2) is 0 Å². The molecule has 0 radical (unpaired) electrons. The molecule has 3 heteroatoms. The van der Waals surface area contributed by atoms with Gasteiger partial charge in [0.2, 0.25) is 0 Å². The molecule has 0 aliphatic heterocycles. The van der Waals surface area contributed by atoms with E-state index >= 15 is 0 Å². The molecule has 1 nitrogen and oxygen atoms in total. The first-order valence-corrected chi connectivity index (χ1v) is 6.26. The molecule has 0 saturated heterocycles. The van der Waals surface area contributed by atoms with E-state index in [2.05, 4.69) is 19.2 Å². The van der Waals surface area contributed by atoms with E-state index in [-0.39, 0.29) is 11.9 Å². The highest BCUT2D eigenvalue weighted by molar-refractivity contribution is 5.21. The summed E-state index contributed by atoms with van der Waals surface area (Å²) in [6.45, 7) is 6.98. The molecular formula is C14H21F2N. The fourth-order valence-electron chi connectivity index (χ4n) is 1.88. The molecule has 0 spiro atoms. The van der Waals surface area contributed by atoms with Gasteiger partial charge in [-0.15, -0.1) is 0 Å². The van der Waals surface area contributed by atoms with E-state index in [9.17, 15) is 8.78 Å². The van der Waals surface area contributed by atoms with Gasteiger partial charge in [0.25, 0.3) is 0 Å². The molecule has 17 heavy (non-hydrogen) atoms. The lowest BCUT2D eigenvalue weighted by Crippen LogP contribution is -2.26. The number of nitrogens with one attached hydrogen (secondary N) is 1. The van der Waals surface area contributed by atoms with Crippen molar-refractivity contribution in [2.24, 2.45) is 5.92 Å². The summed E-state index contributed by atoms with van der Waals surface area (Å²) >= 11 is 0. The van der Waals surface area contributed by atoms with Crippen LogP contribution in [0.3, 0.4) is 0 Å². The molecule has 1 atom stereocenters. The Hall–Kier alpha value is -0.960. The highest BCUT2D eigenvalue weighted by atomic mass is 19.1. The summed E-state index contributed by atoms with van der Waals surface area (Å²) in [7, 11) is 0. The van der Waals surface area contributed by atoms with Crippen LogP contribution in [0.2, 0.25) is 0 Å². The lowest BCUT2D eigenvalue weighted by atomic mass is 10.0. The Kier molecular flexibility index (Phi) is 5.56. The average Bonchev–Trinajstić information content (AvgIpc) is 2.33. The van der Waals surface area contributed by atoms with Gasteiger partial charge < -0.3 is 5.32 Å². The minimum Gasteiger partial charge on any atom is -0.310 e. The zero-order valence-electron chi connectivity index (χ0n) is 10.8. The Morgan fingerprint density at radius 2 is 1.82 bits per heavy atom. The maximum absolute atomic E-state index is 13.5. The second-order valence-electron chi connectivity index (χ2n) is 4.48. The molecule has 0 aliphatic rings. The van der Waals surface area contributed by atoms with Crippen LogP contribution in [0.15, 0.2) is 18.2 Å². The van der Waals surface area contributed by atoms with Gasteiger partial charge in [0.1, 0.15) is 11.6 Å². The molecule has 0 heterocycles. The van der Waals surface area contributed by atoms with Crippen LogP contribution in [-0.2, 0) is 0 Å². The van der Waals surface area contributed by atoms with Crippen LogP contribution in [-0.4, -0.2) is 6.54 Å². The Morgan fingerprint density at radius 1 is 1.18 bits per heavy atom. The molecule has 0 aromatic heterocycles. The Balaban J connectivity index is 2.63. The van der Waals surface area contributed by atoms with Gasteiger partial charge in [-0.2, -0.15) is 0 Å². The predicted octanol–water partition coefficient (Wildman–Crippen LogP) is 4.05. The second-order valence-corrected chi connectivity index (χ2v) is 4.48. The topological polar surface area (TPSA) is 12.0 Å². The minimum atomic E-state index is -0.391. The Morgan fingerprint density at radius 3 is 2.41 bits per heavy atom. The summed E-state index contributed by atoms with van der Waals surface area (Å²) in [6.07, 6.45) is 2.20. The fourth-order valence-corrected chi connectivity index (χ4v) is 1.88. The standard InChI is InChI=1S/C14H21F2N/c1-4-11(5-2)9-17-10(3)13-8-12(15)6-7-14(13)16/h6-8,10-11,17H,4-5,9H2,1-3H3. The van der Waals surface area contributed by atoms with Crippen molar-refractivity contribution in [1.82, 2.24) is 5.32 Å². The van der Waals surface area contributed by atoms with Crippen molar-refractivity contribution in [1.29, 1.82) is 0 Å². The van der Waals surface area contributed by atoms with Crippen molar-refractivity contribution < 1.29 is 8.78 Å². The number of benzene rings is 1. The summed E-state index contributed by atoms with van der Waals surface area (Å²) in [6, 6.07) is 3.43. The van der Waals surface area contributed by atoms with Crippen LogP contribution in [0, 0.1) is 17.6 Å². The first-order valence-electron chi connectivity index (χ1n) is 6.26. The van der Waals surface area contributed by atoms with Crippen molar-refractivity contribution in [2.45, 2.75) is 39.7 Å². The van der Waals surface area contributed by atoms with Crippen molar-refractivity contribution in [3.8, 4) is 0 Å². The summed E-state index contributed by atoms with van der Waals surface area (Å²) in [4.78, 5) is 0. The quantitative estimate of drug-likeness (QED) is 0.792. The van der Waals surface area contributed by atoms with Gasteiger partial charge in [-0.1, -0.05) is 26.7 Å². The summed E-state index contributed by atoms with van der Waals surface area (Å²) in [5.41, 5.74) is 0.399. The first kappa shape index (κ1) is 14.1. The number of rotatable bonds is 6. The van der Waals surface area contributed by atoms with Gasteiger partial charge in [0.05, 0.1) is 0 Å². The Bertz CT molecular complexity index is 348. The third kappa shape index (κ3) is 4.08. The summed E-state index contributed by atoms with van der Waals surface area (Å²) in [5.74, 6) is -0.150. The smallest absolute Gasteiger partial charge is 0.128 e. The van der Waals surface area contributed by atoms with Crippen molar-refractivity contribution >= 4 is 0 Å². The molecule has 96 valence electrons. The van der Waals surface area contributed by atoms with Gasteiger partial charge >= 0.3 is 0 Å². The SMILES string of the molecule is CCC(CC)CNC(C)c1cc(F)ccc1F. The molecule has 1 aromatic rings. The third-order valence-electron chi connectivity index (χ3n) is 3.29. The minimum absolute atomic E-state index is 0.161. The van der Waals surface area contributed by atoms with E-state index in [0.717, 1.165) is 25.5 Å². The number of hydrogen-bond donors (Lipinski definition) is 1. The van der Waals surface area contributed by atoms with E-state index in [0.29, 0.717) is 11.5 Å². The van der Waals surface area contributed by atoms with Gasteiger partial charge in [-0.25, -0.2) is 8.78 Å². The van der Waals surface area contributed by atoms with Gasteiger partial charge in [-0.05, 0) is 37.6 Å². The van der Waals surface area contributed by atoms with Crippen LogP contribution in [0.5, 0.6) is 0 Å². The lowest BCUT2D eigenvalue weighted by molar-refractivity contribution is 0.415. The molecular weight excluding hydrogens is 220 g/mol. The van der Waals surface area contributed by atoms with E-state index in [4.69, 9.17) is 0 Å². The highest BCUT2D eigenvalue weighted by Crippen LogP contribution is 2.18. The molecule has 0 bridgehead atoms. The fraction of sp³-hybridized carbons (Fsp3) is 0.571. The molecule has 1 unspecified atom stereocenters. The van der Waals surface area contributed by atoms with Crippen LogP contribution < -0.4 is 5.32 Å². The molecule has 1 rings (SSSR count). The van der Waals surface area contributed by atoms with Gasteiger partial charge in [0, 0.05) is 11.6 Å². The largest absolute Gasteiger partial charge is 0.310 e. The maximum atomic E-state index is 13.5. The van der Waals surface area contributed by atoms with Crippen LogP contribution in [0.4, 0.5) is 8.78 Å². The monoisotopic (exact) mass is 241 g/mol. The molecule has 0 fully saturated rings. The van der Waals surface area contributed by atoms with E-state index in [1.807, 2.05) is 6.92 Å². The van der Waals surface area contributed by atoms with Crippen LogP contribution in [0.1, 0.15) is 45.2 Å². The second kappa shape index (κ2) is 6.70. The molecule has 0 aliphatic carbocycles. The summed E-state index contributed by atoms with van der Waals surface area (Å²) in [5, 5.41) is 3.26. The number of hydrogen-bond acceptors (Lipinski definition) is 1. The van der Waals surface area contributed by atoms with E-state index in [1.54, 1.807) is 0 Å². The zero-order valence-corrected chi connectivity index (χ0v) is 10.8. The molecule has 1 N–H and O–H groups in total. The number of halogens is 2. The van der Waals surface area contributed by atoms with E-state index < -0.39 is 5.82 Å². The highest BCUT2D eigenvalue weighted by Gasteiger charge is 2.13. The molecule has 0 saturated carbocycles. The van der Waals surface area contributed by atoms with Crippen molar-refractivity contribution in [2.75, 3.05) is 6.54 Å².